The van der Waals surface area contributed by atoms with Crippen LogP contribution < -0.4 is 43.9 Å². The van der Waals surface area contributed by atoms with Gasteiger partial charge in [0.2, 0.25) is 18.1 Å². The van der Waals surface area contributed by atoms with Crippen molar-refractivity contribution in [2.24, 2.45) is 22.1 Å². The number of amides is 3. The van der Waals surface area contributed by atoms with Crippen LogP contribution in [0.4, 0.5) is 23.8 Å². The van der Waals surface area contributed by atoms with Crippen LogP contribution in [0.1, 0.15) is 159 Å². The van der Waals surface area contributed by atoms with Crippen LogP contribution in [0, 0.1) is 25.7 Å². The summed E-state index contributed by atoms with van der Waals surface area (Å²) in [7, 11) is 1.32. The van der Waals surface area contributed by atoms with Gasteiger partial charge in [-0.1, -0.05) is 147 Å². The molecule has 0 radical (unpaired) electrons. The number of alkyl halides is 3. The number of methoxy groups -OCH3 is 1. The third kappa shape index (κ3) is 47.7. The topological polar surface area (TPSA) is 448 Å². The van der Waals surface area contributed by atoms with E-state index >= 15 is 0 Å². The van der Waals surface area contributed by atoms with Crippen LogP contribution >= 0.6 is 0 Å². The zero-order chi connectivity index (χ0) is 98.9. The molecule has 4 atom stereocenters. The zero-order valence-corrected chi connectivity index (χ0v) is 81.1. The van der Waals surface area contributed by atoms with E-state index in [2.05, 4.69) is 40.7 Å². The Labute approximate surface area is 817 Å². The van der Waals surface area contributed by atoms with Crippen LogP contribution in [0.3, 0.4) is 0 Å². The zero-order valence-electron chi connectivity index (χ0n) is 81.1. The number of benzene rings is 6. The molecule has 33 nitrogen and oxygen atoms in total. The Kier molecular flexibility index (Phi) is 57.7. The average Bonchev–Trinajstić information content (AvgIpc) is 0.786. The van der Waals surface area contributed by atoms with Crippen molar-refractivity contribution in [3.63, 3.8) is 0 Å². The normalized spacial score (nSPS) is 12.0. The Morgan fingerprint density at radius 2 is 0.884 bits per heavy atom. The Balaban J connectivity index is 0.000000539. The quantitative estimate of drug-likeness (QED) is 0.00606. The van der Waals surface area contributed by atoms with Gasteiger partial charge in [0.05, 0.1) is 138 Å². The van der Waals surface area contributed by atoms with E-state index in [1.165, 1.54) is 12.0 Å². The molecule has 8 rings (SSSR count). The molecular weight excluding hydrogens is 1780 g/mol. The Bertz CT molecular complexity index is 5080. The fourth-order valence-electron chi connectivity index (χ4n) is 14.3. The van der Waals surface area contributed by atoms with Gasteiger partial charge < -0.3 is 78.1 Å². The van der Waals surface area contributed by atoms with Gasteiger partial charge in [0.1, 0.15) is 36.1 Å². The van der Waals surface area contributed by atoms with Gasteiger partial charge in [0.25, 0.3) is 0 Å². The molecule has 0 unspecified atom stereocenters. The smallest absolute Gasteiger partial charge is 0.870 e. The molecule has 4 N–H and O–H groups in total. The van der Waals surface area contributed by atoms with Crippen molar-refractivity contribution >= 4 is 75.1 Å². The van der Waals surface area contributed by atoms with Crippen LogP contribution in [0.25, 0.3) is 64.7 Å². The van der Waals surface area contributed by atoms with E-state index in [9.17, 15) is 51.8 Å². The molecule has 0 bridgehead atoms. The maximum Gasteiger partial charge on any atom is 1.00 e. The number of carbonyl (C=O) groups is 8. The van der Waals surface area contributed by atoms with Gasteiger partial charge in [0.15, 0.2) is 11.6 Å². The van der Waals surface area contributed by atoms with Crippen molar-refractivity contribution in [3.8, 4) is 33.8 Å². The summed E-state index contributed by atoms with van der Waals surface area (Å²) >= 11 is 0. The second-order valence-corrected chi connectivity index (χ2v) is 33.8. The van der Waals surface area contributed by atoms with Crippen molar-refractivity contribution in [3.05, 3.63) is 207 Å². The number of anilines is 1. The van der Waals surface area contributed by atoms with E-state index in [4.69, 9.17) is 72.7 Å². The van der Waals surface area contributed by atoms with Gasteiger partial charge >= 0.3 is 43.1 Å². The number of azide groups is 2. The first kappa shape index (κ1) is 119. The molecule has 6 aromatic carbocycles. The van der Waals surface area contributed by atoms with Crippen molar-refractivity contribution in [1.82, 2.24) is 20.6 Å². The number of halogens is 3. The number of hydrogen-bond donors (Lipinski definition) is 3. The average molecular weight is 1920 g/mol. The van der Waals surface area contributed by atoms with Crippen LogP contribution in [-0.4, -0.2) is 238 Å². The second kappa shape index (κ2) is 67.0. The number of carboxylic acids is 1. The summed E-state index contributed by atoms with van der Waals surface area (Å²) < 4.78 is 98.2. The Hall–Kier alpha value is -11.5. The fraction of sp³-hybridized carbons (Fsp3) is 0.505. The number of ether oxygens (including phenoxy) is 12. The number of aryl methyl sites for hydroxylation is 3. The number of aliphatic carboxylic acids is 1. The number of pyridine rings is 2. The maximum atomic E-state index is 14.1. The second-order valence-electron chi connectivity index (χ2n) is 33.8. The number of carbonyl (C=O) groups excluding carboxylic acids is 7. The van der Waals surface area contributed by atoms with E-state index < -0.39 is 60.0 Å². The van der Waals surface area contributed by atoms with E-state index in [0.29, 0.717) is 170 Å². The van der Waals surface area contributed by atoms with Gasteiger partial charge in [-0.2, -0.15) is 13.2 Å². The largest absolute Gasteiger partial charge is 1.00 e. The summed E-state index contributed by atoms with van der Waals surface area (Å²) in [5.74, 6) is -1.18. The molecule has 3 amide bonds. The minimum absolute atomic E-state index is 0. The maximum absolute atomic E-state index is 14.1. The van der Waals surface area contributed by atoms with Crippen LogP contribution in [0.5, 0.6) is 11.5 Å². The molecule has 0 aliphatic rings. The van der Waals surface area contributed by atoms with Gasteiger partial charge in [0, 0.05) is 95.8 Å². The number of aromatic nitrogens is 2. The number of carboxylic acid groups (broad SMARTS) is 1. The molecule has 0 aliphatic carbocycles. The first-order chi connectivity index (χ1) is 65.4. The monoisotopic (exact) mass is 1920 g/mol. The van der Waals surface area contributed by atoms with Crippen molar-refractivity contribution in [1.29, 1.82) is 0 Å². The minimum Gasteiger partial charge on any atom is -0.870 e. The molecule has 0 spiro atoms. The summed E-state index contributed by atoms with van der Waals surface area (Å²) in [5, 5.41) is 26.5. The molecule has 746 valence electrons. The fourth-order valence-corrected chi connectivity index (χ4v) is 14.3. The standard InChI is InChI=1S/C52H70N6O11.C47H61N5O9.C2HF3O.Li.H2O/c1-37(2)33-45(56-49(60)13-10-23-58(51(62)69-52(4,5)6)48-34-38(3)20-21-54-48)46(59)35-41(36-50(61)63-7)39-14-16-40(17-15-39)42-18-19-47(44-12-9-8-11-43(42)44)68-32-31-67-30-29-66-28-27-65-26-25-64-24-22-55-57-53;1-34(2)30-43(51-46(54)11-7-4-8-39-31-35(3)18-19-49-39)44(53)32-38(33-47(55)56)36-12-14-37(15-13-36)40-16-17-45(42-10-6-5-9-41(40)42)61-29-28-60-27-26-59-25-24-58-23-22-57-21-20-50-52-48;3-2(4,5)1-6;;/h8-9,11-12,14-21,34,37,41,45H,10,13,22-33,35-36H2,1-7H3,(H,56,60);5-6,9-10,12-19,31,34,38,43H,4,7-8,11,20-30,32-33H2,1-3H3,(H,51,54)(H,55,56);1H;;1H2/q;;;+1;/p-1/t41-,45-;38-,43-;;;/m00.../s1. The molecule has 0 saturated carbocycles. The molecule has 138 heavy (non-hydrogen) atoms. The minimum atomic E-state index is -4.64. The molecule has 2 heterocycles. The summed E-state index contributed by atoms with van der Waals surface area (Å²) in [4.78, 5) is 116. The number of rotatable bonds is 62. The van der Waals surface area contributed by atoms with E-state index in [1.54, 1.807) is 39.2 Å². The van der Waals surface area contributed by atoms with Crippen molar-refractivity contribution in [2.45, 2.75) is 175 Å². The number of nitrogens with one attached hydrogen (secondary N) is 2. The van der Waals surface area contributed by atoms with E-state index in [1.807, 2.05) is 181 Å². The van der Waals surface area contributed by atoms with Crippen molar-refractivity contribution in [2.75, 3.05) is 151 Å². The number of ketones is 2. The SMILES string of the molecule is COC(=O)C[C@H](CC(=O)[C@H](CC(C)C)NC(=O)CCCN(C(=O)OC(C)(C)C)c1cc(C)ccn1)c1ccc(-c2ccc(OCCOCCOCCOCCOCCN=[N+]=[N-])c3ccccc23)cc1.Cc1ccnc(CCCCC(=O)N[C@@H](CC(C)C)C(=O)C[C@@H](CC(=O)O)c2ccc(-c3ccc(OCCOCCOCCOCCOCCN=[N+]=[N-])c4ccccc34)cc2)c1.O=CC(F)(F)F.[Li+].[OH-]. The Morgan fingerprint density at radius 1 is 0.500 bits per heavy atom. The molecule has 37 heteroatoms. The number of aldehydes is 1. The molecule has 2 aromatic heterocycles. The molecule has 0 aliphatic heterocycles. The van der Waals surface area contributed by atoms with Crippen molar-refractivity contribution < 1.29 is 138 Å². The molecule has 8 aromatic rings. The van der Waals surface area contributed by atoms with Gasteiger partial charge in [-0.05, 0) is 188 Å². The number of nitrogens with zero attached hydrogens (tertiary/aromatic N) is 9. The van der Waals surface area contributed by atoms with E-state index in [-0.39, 0.29) is 98.2 Å². The molecule has 0 saturated heterocycles. The van der Waals surface area contributed by atoms with E-state index in [0.717, 1.165) is 96.1 Å². The van der Waals surface area contributed by atoms with Gasteiger partial charge in [-0.15, -0.1) is 0 Å². The van der Waals surface area contributed by atoms with Crippen LogP contribution in [-0.2, 0) is 87.4 Å². The summed E-state index contributed by atoms with van der Waals surface area (Å²) in [6.07, 6.45) is 0.781. The number of Topliss-reactive ketones (excluding diaryl/α,β-unsaturated/α-hetero) is 2. The molecular formula is C101H133F3LiN11O22. The summed E-state index contributed by atoms with van der Waals surface area (Å²) in [6, 6.07) is 45.6. The number of hydrogen-bond acceptors (Lipinski definition) is 25. The van der Waals surface area contributed by atoms with Gasteiger partial charge in [-0.3, -0.25) is 43.4 Å². The summed E-state index contributed by atoms with van der Waals surface area (Å²) in [6.45, 7) is 25.4. The summed E-state index contributed by atoms with van der Waals surface area (Å²) in [5.41, 5.74) is 24.3. The number of fused-ring (bicyclic) bond motifs is 2. The number of esters is 1. The van der Waals surface area contributed by atoms with Crippen LogP contribution in [0.15, 0.2) is 168 Å². The third-order valence-electron chi connectivity index (χ3n) is 20.7. The third-order valence-corrected chi connectivity index (χ3v) is 20.7. The predicted molar refractivity (Wildman–Crippen MR) is 513 cm³/mol. The predicted octanol–water partition coefficient (Wildman–Crippen LogP) is 15.3. The molecule has 0 fully saturated rings. The van der Waals surface area contributed by atoms with Gasteiger partial charge in [-0.25, -0.2) is 9.78 Å². The first-order valence-electron chi connectivity index (χ1n) is 45.8. The first-order valence-corrected chi connectivity index (χ1v) is 45.8. The van der Waals surface area contributed by atoms with Crippen LogP contribution in [0.2, 0.25) is 0 Å². The Morgan fingerprint density at radius 3 is 1.26 bits per heavy atom. The number of unbranched alkanes of at least 4 members (excludes halogenated alkanes) is 1.